The van der Waals surface area contributed by atoms with Gasteiger partial charge in [0.25, 0.3) is 11.6 Å². The number of aryl methyl sites for hydroxylation is 1. The highest BCUT2D eigenvalue weighted by Crippen LogP contribution is 2.28. The Bertz CT molecular complexity index is 1160. The van der Waals surface area contributed by atoms with E-state index >= 15 is 0 Å². The lowest BCUT2D eigenvalue weighted by Gasteiger charge is -2.36. The van der Waals surface area contributed by atoms with Crippen molar-refractivity contribution >= 4 is 28.7 Å². The molecule has 1 atom stereocenters. The Labute approximate surface area is 203 Å². The summed E-state index contributed by atoms with van der Waals surface area (Å²) in [5.41, 5.74) is 3.01. The van der Waals surface area contributed by atoms with Crippen LogP contribution in [0.3, 0.4) is 0 Å². The maximum Gasteiger partial charge on any atom is 0.269 e. The minimum absolute atomic E-state index is 0.0793. The number of rotatable bonds is 7. The summed E-state index contributed by atoms with van der Waals surface area (Å²) in [4.78, 5) is 38.1. The van der Waals surface area contributed by atoms with Crippen LogP contribution in [0.25, 0.3) is 0 Å². The first kappa shape index (κ1) is 23.8. The smallest absolute Gasteiger partial charge is 0.269 e. The van der Waals surface area contributed by atoms with E-state index in [-0.39, 0.29) is 22.4 Å². The molecule has 1 aliphatic rings. The SMILES string of the molecule is CC[C@H](C)c1nc(C)c(Cc2ccc([N+](=O)[O-])cc2)c(N2CCN(C(=O)c3cccs3)CC2)n1. The van der Waals surface area contributed by atoms with Crippen molar-refractivity contribution < 1.29 is 9.72 Å². The largest absolute Gasteiger partial charge is 0.353 e. The van der Waals surface area contributed by atoms with Gasteiger partial charge in [0.15, 0.2) is 0 Å². The molecular formula is C25H29N5O3S. The molecule has 2 aromatic heterocycles. The third-order valence-electron chi connectivity index (χ3n) is 6.39. The molecule has 0 spiro atoms. The number of nitro groups is 1. The fraction of sp³-hybridized carbons (Fsp3) is 0.400. The number of anilines is 1. The van der Waals surface area contributed by atoms with Crippen molar-refractivity contribution in [1.82, 2.24) is 14.9 Å². The van der Waals surface area contributed by atoms with Gasteiger partial charge in [0, 0.05) is 61.9 Å². The molecule has 1 fully saturated rings. The van der Waals surface area contributed by atoms with E-state index in [1.807, 2.05) is 29.3 Å². The number of amides is 1. The van der Waals surface area contributed by atoms with E-state index in [1.54, 1.807) is 12.1 Å². The van der Waals surface area contributed by atoms with Gasteiger partial charge >= 0.3 is 0 Å². The number of hydrogen-bond acceptors (Lipinski definition) is 7. The quantitative estimate of drug-likeness (QED) is 0.356. The van der Waals surface area contributed by atoms with E-state index < -0.39 is 0 Å². The van der Waals surface area contributed by atoms with Crippen molar-refractivity contribution in [3.05, 3.63) is 79.4 Å². The van der Waals surface area contributed by atoms with Crippen LogP contribution in [0.15, 0.2) is 41.8 Å². The Morgan fingerprint density at radius 3 is 2.44 bits per heavy atom. The van der Waals surface area contributed by atoms with Crippen LogP contribution < -0.4 is 4.90 Å². The Kier molecular flexibility index (Phi) is 7.21. The number of thiophene rings is 1. The first-order chi connectivity index (χ1) is 16.4. The highest BCUT2D eigenvalue weighted by molar-refractivity contribution is 7.12. The number of nitrogens with zero attached hydrogens (tertiary/aromatic N) is 5. The first-order valence-corrected chi connectivity index (χ1v) is 12.4. The van der Waals surface area contributed by atoms with Crippen LogP contribution in [0.1, 0.15) is 58.5 Å². The van der Waals surface area contributed by atoms with Crippen LogP contribution in [0, 0.1) is 17.0 Å². The second-order valence-electron chi connectivity index (χ2n) is 8.64. The van der Waals surface area contributed by atoms with Gasteiger partial charge in [-0.3, -0.25) is 14.9 Å². The number of benzene rings is 1. The molecule has 1 aliphatic heterocycles. The molecule has 3 heterocycles. The second kappa shape index (κ2) is 10.3. The Balaban J connectivity index is 1.60. The van der Waals surface area contributed by atoms with Gasteiger partial charge in [0.05, 0.1) is 9.80 Å². The zero-order valence-corrected chi connectivity index (χ0v) is 20.5. The fourth-order valence-electron chi connectivity index (χ4n) is 4.09. The highest BCUT2D eigenvalue weighted by Gasteiger charge is 2.26. The van der Waals surface area contributed by atoms with Crippen LogP contribution in [-0.4, -0.2) is 51.9 Å². The van der Waals surface area contributed by atoms with Gasteiger partial charge in [-0.05, 0) is 30.4 Å². The molecule has 3 aromatic rings. The number of carbonyl (C=O) groups is 1. The summed E-state index contributed by atoms with van der Waals surface area (Å²) in [5.74, 6) is 2.07. The summed E-state index contributed by atoms with van der Waals surface area (Å²) < 4.78 is 0. The molecule has 0 N–H and O–H groups in total. The average molecular weight is 480 g/mol. The Morgan fingerprint density at radius 2 is 1.85 bits per heavy atom. The summed E-state index contributed by atoms with van der Waals surface area (Å²) in [5, 5.41) is 12.9. The van der Waals surface area contributed by atoms with Gasteiger partial charge in [-0.15, -0.1) is 11.3 Å². The monoisotopic (exact) mass is 479 g/mol. The molecule has 4 rings (SSSR count). The van der Waals surface area contributed by atoms with Crippen molar-refractivity contribution in [2.45, 2.75) is 39.5 Å². The molecular weight excluding hydrogens is 450 g/mol. The Hall–Kier alpha value is -3.33. The molecule has 0 unspecified atom stereocenters. The lowest BCUT2D eigenvalue weighted by atomic mass is 10.0. The van der Waals surface area contributed by atoms with Gasteiger partial charge in [-0.1, -0.05) is 32.0 Å². The second-order valence-corrected chi connectivity index (χ2v) is 9.58. The van der Waals surface area contributed by atoms with Gasteiger partial charge in [0.1, 0.15) is 11.6 Å². The molecule has 178 valence electrons. The molecule has 0 aliphatic carbocycles. The van der Waals surface area contributed by atoms with Gasteiger partial charge in [0.2, 0.25) is 0 Å². The normalized spacial score (nSPS) is 14.8. The van der Waals surface area contributed by atoms with E-state index in [9.17, 15) is 14.9 Å². The van der Waals surface area contributed by atoms with E-state index in [1.165, 1.54) is 23.5 Å². The highest BCUT2D eigenvalue weighted by atomic mass is 32.1. The summed E-state index contributed by atoms with van der Waals surface area (Å²) in [6, 6.07) is 10.4. The number of nitro benzene ring substituents is 1. The third-order valence-corrected chi connectivity index (χ3v) is 7.25. The van der Waals surface area contributed by atoms with E-state index in [2.05, 4.69) is 18.7 Å². The maximum absolute atomic E-state index is 12.8. The minimum atomic E-state index is -0.387. The number of carbonyl (C=O) groups excluding carboxylic acids is 1. The Morgan fingerprint density at radius 1 is 1.15 bits per heavy atom. The summed E-state index contributed by atoms with van der Waals surface area (Å²) in [7, 11) is 0. The molecule has 0 bridgehead atoms. The molecule has 1 amide bonds. The summed E-state index contributed by atoms with van der Waals surface area (Å²) in [6.07, 6.45) is 1.54. The van der Waals surface area contributed by atoms with E-state index in [0.717, 1.165) is 39.8 Å². The molecule has 1 saturated heterocycles. The molecule has 0 saturated carbocycles. The molecule has 34 heavy (non-hydrogen) atoms. The average Bonchev–Trinajstić information content (AvgIpc) is 3.39. The first-order valence-electron chi connectivity index (χ1n) is 11.6. The standard InChI is InChI=1S/C25H29N5O3S/c1-4-17(2)23-26-18(3)21(16-19-7-9-20(10-8-19)30(32)33)24(27-23)28-11-13-29(14-12-28)25(31)22-6-5-15-34-22/h5-10,15,17H,4,11-14,16H2,1-3H3/t17-/m0/s1. The maximum atomic E-state index is 12.8. The van der Waals surface area contributed by atoms with Crippen LogP contribution in [0.5, 0.6) is 0 Å². The zero-order chi connectivity index (χ0) is 24.2. The predicted molar refractivity (Wildman–Crippen MR) is 134 cm³/mol. The van der Waals surface area contributed by atoms with Crippen LogP contribution in [0.4, 0.5) is 11.5 Å². The number of aromatic nitrogens is 2. The van der Waals surface area contributed by atoms with Gasteiger partial charge < -0.3 is 9.80 Å². The number of non-ortho nitro benzene ring substituents is 1. The van der Waals surface area contributed by atoms with Crippen molar-refractivity contribution in [3.63, 3.8) is 0 Å². The lowest BCUT2D eigenvalue weighted by Crippen LogP contribution is -2.49. The van der Waals surface area contributed by atoms with Crippen molar-refractivity contribution in [3.8, 4) is 0 Å². The summed E-state index contributed by atoms with van der Waals surface area (Å²) >= 11 is 1.47. The number of hydrogen-bond donors (Lipinski definition) is 0. The van der Waals surface area contributed by atoms with Gasteiger partial charge in [-0.2, -0.15) is 0 Å². The topological polar surface area (TPSA) is 92.5 Å². The summed E-state index contributed by atoms with van der Waals surface area (Å²) in [6.45, 7) is 8.93. The van der Waals surface area contributed by atoms with Gasteiger partial charge in [-0.25, -0.2) is 9.97 Å². The third kappa shape index (κ3) is 5.09. The van der Waals surface area contributed by atoms with Crippen LogP contribution in [0.2, 0.25) is 0 Å². The van der Waals surface area contributed by atoms with Crippen molar-refractivity contribution in [2.75, 3.05) is 31.1 Å². The predicted octanol–water partition coefficient (Wildman–Crippen LogP) is 4.82. The molecule has 8 nitrogen and oxygen atoms in total. The van der Waals surface area contributed by atoms with E-state index in [4.69, 9.17) is 9.97 Å². The van der Waals surface area contributed by atoms with Crippen LogP contribution in [-0.2, 0) is 6.42 Å². The van der Waals surface area contributed by atoms with Crippen molar-refractivity contribution in [2.24, 2.45) is 0 Å². The van der Waals surface area contributed by atoms with Crippen LogP contribution >= 0.6 is 11.3 Å². The van der Waals surface area contributed by atoms with E-state index in [0.29, 0.717) is 32.6 Å². The molecule has 1 aromatic carbocycles. The molecule has 0 radical (unpaired) electrons. The zero-order valence-electron chi connectivity index (χ0n) is 19.7. The number of piperazine rings is 1. The lowest BCUT2D eigenvalue weighted by molar-refractivity contribution is -0.384. The fourth-order valence-corrected chi connectivity index (χ4v) is 4.78. The molecule has 9 heteroatoms. The van der Waals surface area contributed by atoms with Crippen molar-refractivity contribution in [1.29, 1.82) is 0 Å². The minimum Gasteiger partial charge on any atom is -0.353 e.